The lowest BCUT2D eigenvalue weighted by Gasteiger charge is -2.32. The summed E-state index contributed by atoms with van der Waals surface area (Å²) in [6.45, 7) is 0.323. The van der Waals surface area contributed by atoms with Crippen molar-refractivity contribution in [1.29, 1.82) is 0 Å². The lowest BCUT2D eigenvalue weighted by molar-refractivity contribution is 0.00723. The van der Waals surface area contributed by atoms with Crippen LogP contribution in [0.3, 0.4) is 0 Å². The van der Waals surface area contributed by atoms with Gasteiger partial charge >= 0.3 is 6.03 Å². The summed E-state index contributed by atoms with van der Waals surface area (Å²) in [5.41, 5.74) is -0.714. The van der Waals surface area contributed by atoms with Crippen molar-refractivity contribution in [2.75, 3.05) is 6.54 Å². The predicted molar refractivity (Wildman–Crippen MR) is 59.1 cm³/mol. The van der Waals surface area contributed by atoms with Gasteiger partial charge in [0.15, 0.2) is 0 Å². The maximum absolute atomic E-state index is 11.6. The number of carbonyl (C=O) groups is 1. The molecule has 1 fully saturated rings. The lowest BCUT2D eigenvalue weighted by Crippen LogP contribution is -2.45. The van der Waals surface area contributed by atoms with Crippen molar-refractivity contribution in [1.82, 2.24) is 14.9 Å². The number of aliphatic hydroxyl groups is 1. The normalized spacial score (nSPS) is 19.3. The van der Waals surface area contributed by atoms with Gasteiger partial charge < -0.3 is 10.4 Å². The Labute approximate surface area is 94.5 Å². The van der Waals surface area contributed by atoms with Crippen LogP contribution in [0.5, 0.6) is 0 Å². The van der Waals surface area contributed by atoms with E-state index in [1.807, 2.05) is 0 Å². The van der Waals surface area contributed by atoms with Gasteiger partial charge in [0.25, 0.3) is 0 Å². The molecule has 1 aromatic rings. The summed E-state index contributed by atoms with van der Waals surface area (Å²) in [6, 6.07) is -0.239. The van der Waals surface area contributed by atoms with Gasteiger partial charge in [-0.25, -0.2) is 9.78 Å². The van der Waals surface area contributed by atoms with Gasteiger partial charge in [-0.1, -0.05) is 19.3 Å². The molecule has 2 rings (SSSR count). The van der Waals surface area contributed by atoms with Gasteiger partial charge in [0, 0.05) is 18.9 Å². The fourth-order valence-electron chi connectivity index (χ4n) is 2.10. The van der Waals surface area contributed by atoms with Crippen molar-refractivity contribution in [2.45, 2.75) is 37.7 Å². The molecule has 88 valence electrons. The third-order valence-electron chi connectivity index (χ3n) is 3.09. The van der Waals surface area contributed by atoms with E-state index in [4.69, 9.17) is 0 Å². The lowest BCUT2D eigenvalue weighted by atomic mass is 9.85. The first kappa shape index (κ1) is 11.1. The van der Waals surface area contributed by atoms with E-state index in [0.29, 0.717) is 6.54 Å². The molecule has 1 amide bonds. The van der Waals surface area contributed by atoms with Crippen LogP contribution in [0.15, 0.2) is 18.7 Å². The van der Waals surface area contributed by atoms with Gasteiger partial charge in [0.05, 0.1) is 5.60 Å². The molecule has 0 bridgehead atoms. The van der Waals surface area contributed by atoms with E-state index in [-0.39, 0.29) is 6.03 Å². The van der Waals surface area contributed by atoms with Crippen LogP contribution >= 0.6 is 0 Å². The van der Waals surface area contributed by atoms with Crippen molar-refractivity contribution in [3.63, 3.8) is 0 Å². The molecule has 0 aliphatic heterocycles. The SMILES string of the molecule is O=C(NCC1(O)CCCCC1)n1ccnc1. The van der Waals surface area contributed by atoms with Crippen LogP contribution in [-0.4, -0.2) is 32.8 Å². The fraction of sp³-hybridized carbons (Fsp3) is 0.636. The highest BCUT2D eigenvalue weighted by Gasteiger charge is 2.29. The van der Waals surface area contributed by atoms with Gasteiger partial charge in [-0.05, 0) is 12.8 Å². The minimum Gasteiger partial charge on any atom is -0.388 e. The molecule has 5 heteroatoms. The maximum atomic E-state index is 11.6. The molecule has 0 radical (unpaired) electrons. The zero-order valence-corrected chi connectivity index (χ0v) is 9.22. The van der Waals surface area contributed by atoms with E-state index in [1.165, 1.54) is 17.3 Å². The van der Waals surface area contributed by atoms with Crippen LogP contribution in [0.2, 0.25) is 0 Å². The molecule has 0 aromatic carbocycles. The number of imidazole rings is 1. The fourth-order valence-corrected chi connectivity index (χ4v) is 2.10. The number of carbonyl (C=O) groups excluding carboxylic acids is 1. The summed E-state index contributed by atoms with van der Waals surface area (Å²) in [5.74, 6) is 0. The molecule has 5 nitrogen and oxygen atoms in total. The number of nitrogens with zero attached hydrogens (tertiary/aromatic N) is 2. The molecular formula is C11H17N3O2. The molecule has 0 atom stereocenters. The Morgan fingerprint density at radius 3 is 2.81 bits per heavy atom. The summed E-state index contributed by atoms with van der Waals surface area (Å²) in [5, 5.41) is 12.9. The largest absolute Gasteiger partial charge is 0.388 e. The Hall–Kier alpha value is -1.36. The third kappa shape index (κ3) is 2.61. The average molecular weight is 223 g/mol. The second kappa shape index (κ2) is 4.65. The molecule has 1 aromatic heterocycles. The van der Waals surface area contributed by atoms with E-state index in [2.05, 4.69) is 10.3 Å². The smallest absolute Gasteiger partial charge is 0.326 e. The summed E-state index contributed by atoms with van der Waals surface area (Å²) < 4.78 is 1.37. The van der Waals surface area contributed by atoms with E-state index < -0.39 is 5.60 Å². The van der Waals surface area contributed by atoms with Crippen molar-refractivity contribution in [2.24, 2.45) is 0 Å². The van der Waals surface area contributed by atoms with Crippen LogP contribution in [0.25, 0.3) is 0 Å². The zero-order valence-electron chi connectivity index (χ0n) is 9.22. The minimum absolute atomic E-state index is 0.239. The summed E-state index contributed by atoms with van der Waals surface area (Å²) in [7, 11) is 0. The van der Waals surface area contributed by atoms with Gasteiger partial charge in [-0.15, -0.1) is 0 Å². The van der Waals surface area contributed by atoms with Crippen molar-refractivity contribution in [3.8, 4) is 0 Å². The molecule has 1 saturated carbocycles. The van der Waals surface area contributed by atoms with E-state index in [1.54, 1.807) is 12.4 Å². The highest BCUT2D eigenvalue weighted by Crippen LogP contribution is 2.27. The molecule has 0 unspecified atom stereocenters. The molecular weight excluding hydrogens is 206 g/mol. The van der Waals surface area contributed by atoms with Crippen LogP contribution < -0.4 is 5.32 Å². The van der Waals surface area contributed by atoms with E-state index in [9.17, 15) is 9.90 Å². The maximum Gasteiger partial charge on any atom is 0.326 e. The molecule has 2 N–H and O–H groups in total. The molecule has 1 heterocycles. The second-order valence-corrected chi connectivity index (χ2v) is 4.41. The van der Waals surface area contributed by atoms with Crippen molar-refractivity contribution < 1.29 is 9.90 Å². The Balaban J connectivity index is 1.84. The third-order valence-corrected chi connectivity index (χ3v) is 3.09. The van der Waals surface area contributed by atoms with Gasteiger partial charge in [0.1, 0.15) is 6.33 Å². The average Bonchev–Trinajstić information content (AvgIpc) is 2.80. The zero-order chi connectivity index (χ0) is 11.4. The van der Waals surface area contributed by atoms with E-state index in [0.717, 1.165) is 25.7 Å². The molecule has 1 aliphatic rings. The van der Waals surface area contributed by atoms with Crippen LogP contribution in [0.1, 0.15) is 32.1 Å². The van der Waals surface area contributed by atoms with Crippen LogP contribution in [0, 0.1) is 0 Å². The molecule has 16 heavy (non-hydrogen) atoms. The van der Waals surface area contributed by atoms with Crippen molar-refractivity contribution >= 4 is 6.03 Å². The van der Waals surface area contributed by atoms with Gasteiger partial charge in [-0.3, -0.25) is 4.57 Å². The number of hydrogen-bond donors (Lipinski definition) is 2. The van der Waals surface area contributed by atoms with Crippen LogP contribution in [-0.2, 0) is 0 Å². The van der Waals surface area contributed by atoms with Crippen LogP contribution in [0.4, 0.5) is 4.79 Å². The predicted octanol–water partition coefficient (Wildman–Crippen LogP) is 1.14. The molecule has 0 spiro atoms. The van der Waals surface area contributed by atoms with Gasteiger partial charge in [0.2, 0.25) is 0 Å². The topological polar surface area (TPSA) is 67.2 Å². The highest BCUT2D eigenvalue weighted by atomic mass is 16.3. The minimum atomic E-state index is -0.714. The number of nitrogens with one attached hydrogen (secondary N) is 1. The summed E-state index contributed by atoms with van der Waals surface area (Å²) >= 11 is 0. The number of aromatic nitrogens is 2. The Bertz CT molecular complexity index is 342. The summed E-state index contributed by atoms with van der Waals surface area (Å²) in [6.07, 6.45) is 9.39. The standard InChI is InChI=1S/C11H17N3O2/c15-10(14-7-6-12-9-14)13-8-11(16)4-2-1-3-5-11/h6-7,9,16H,1-5,8H2,(H,13,15). The highest BCUT2D eigenvalue weighted by molar-refractivity contribution is 5.76. The van der Waals surface area contributed by atoms with Gasteiger partial charge in [-0.2, -0.15) is 0 Å². The first-order valence-electron chi connectivity index (χ1n) is 5.68. The second-order valence-electron chi connectivity index (χ2n) is 4.41. The Morgan fingerprint density at radius 1 is 1.44 bits per heavy atom. The molecule has 0 saturated heterocycles. The van der Waals surface area contributed by atoms with Crippen molar-refractivity contribution in [3.05, 3.63) is 18.7 Å². The first-order valence-corrected chi connectivity index (χ1v) is 5.68. The quantitative estimate of drug-likeness (QED) is 0.790. The number of amides is 1. The molecule has 1 aliphatic carbocycles. The monoisotopic (exact) mass is 223 g/mol. The first-order chi connectivity index (χ1) is 7.70. The number of hydrogen-bond acceptors (Lipinski definition) is 3. The van der Waals surface area contributed by atoms with E-state index >= 15 is 0 Å². The Morgan fingerprint density at radius 2 is 2.19 bits per heavy atom. The summed E-state index contributed by atoms with van der Waals surface area (Å²) in [4.78, 5) is 15.4. The Kier molecular flexibility index (Phi) is 3.24. The number of rotatable bonds is 2.